The summed E-state index contributed by atoms with van der Waals surface area (Å²) in [6, 6.07) is 8.61. The average Bonchev–Trinajstić information content (AvgIpc) is 3.22. The molecule has 1 aliphatic rings. The van der Waals surface area contributed by atoms with E-state index < -0.39 is 0 Å². The van der Waals surface area contributed by atoms with Crippen molar-refractivity contribution in [3.8, 4) is 5.19 Å². The topological polar surface area (TPSA) is 51.4 Å². The first kappa shape index (κ1) is 13.6. The molecule has 0 aliphatic carbocycles. The van der Waals surface area contributed by atoms with Crippen LogP contribution < -0.4 is 9.64 Å². The molecule has 6 heteroatoms. The summed E-state index contributed by atoms with van der Waals surface area (Å²) in [6.45, 7) is 2.60. The highest BCUT2D eigenvalue weighted by Crippen LogP contribution is 2.27. The minimum absolute atomic E-state index is 0.479. The van der Waals surface area contributed by atoms with Crippen molar-refractivity contribution < 1.29 is 9.15 Å². The highest BCUT2D eigenvalue weighted by molar-refractivity contribution is 7.11. The molecule has 0 saturated carbocycles. The number of nitrogens with zero attached hydrogens (tertiary/aromatic N) is 3. The third-order valence-corrected chi connectivity index (χ3v) is 4.61. The standard InChI is InChI=1S/C16H17N3O2S/c1-2-6-14-13(5-1)18-15(21-14)19-8-3-4-12(10-19)11-20-16-17-7-9-22-16/h1-2,5-7,9,12H,3-4,8,10-11H2. The van der Waals surface area contributed by atoms with Crippen LogP contribution in [0.4, 0.5) is 6.01 Å². The molecule has 0 radical (unpaired) electrons. The summed E-state index contributed by atoms with van der Waals surface area (Å²) in [5, 5.41) is 2.68. The number of anilines is 1. The second kappa shape index (κ2) is 5.96. The van der Waals surface area contributed by atoms with Crippen LogP contribution in [0.1, 0.15) is 12.8 Å². The first-order valence-electron chi connectivity index (χ1n) is 7.51. The van der Waals surface area contributed by atoms with Gasteiger partial charge in [0.1, 0.15) is 5.52 Å². The molecule has 1 unspecified atom stereocenters. The zero-order valence-corrected chi connectivity index (χ0v) is 13.0. The van der Waals surface area contributed by atoms with Gasteiger partial charge >= 0.3 is 0 Å². The molecular weight excluding hydrogens is 298 g/mol. The van der Waals surface area contributed by atoms with Crippen LogP contribution in [-0.4, -0.2) is 29.7 Å². The van der Waals surface area contributed by atoms with Crippen LogP contribution >= 0.6 is 11.3 Å². The maximum Gasteiger partial charge on any atom is 0.298 e. The molecule has 114 valence electrons. The van der Waals surface area contributed by atoms with Gasteiger partial charge in [0.05, 0.1) is 6.61 Å². The second-order valence-electron chi connectivity index (χ2n) is 5.53. The molecule has 0 amide bonds. The van der Waals surface area contributed by atoms with Crippen LogP contribution in [0.15, 0.2) is 40.3 Å². The summed E-state index contributed by atoms with van der Waals surface area (Å²) in [5.74, 6) is 0.479. The lowest BCUT2D eigenvalue weighted by Gasteiger charge is -2.31. The fraction of sp³-hybridized carbons (Fsp3) is 0.375. The molecule has 1 aromatic carbocycles. The van der Waals surface area contributed by atoms with E-state index in [0.717, 1.165) is 41.8 Å². The van der Waals surface area contributed by atoms with E-state index in [1.807, 2.05) is 29.6 Å². The molecule has 1 atom stereocenters. The van der Waals surface area contributed by atoms with E-state index in [9.17, 15) is 0 Å². The predicted octanol–water partition coefficient (Wildman–Crippen LogP) is 3.58. The summed E-state index contributed by atoms with van der Waals surface area (Å²) >= 11 is 1.53. The van der Waals surface area contributed by atoms with Crippen molar-refractivity contribution >= 4 is 28.5 Å². The molecule has 3 heterocycles. The number of hydrogen-bond acceptors (Lipinski definition) is 6. The van der Waals surface area contributed by atoms with Gasteiger partial charge < -0.3 is 14.1 Å². The molecule has 1 saturated heterocycles. The first-order chi connectivity index (χ1) is 10.9. The van der Waals surface area contributed by atoms with Crippen LogP contribution in [0.3, 0.4) is 0 Å². The van der Waals surface area contributed by atoms with E-state index in [1.165, 1.54) is 17.8 Å². The molecule has 1 fully saturated rings. The number of ether oxygens (including phenoxy) is 1. The summed E-state index contributed by atoms with van der Waals surface area (Å²) in [5.41, 5.74) is 1.76. The van der Waals surface area contributed by atoms with Crippen LogP contribution in [0.5, 0.6) is 5.19 Å². The number of hydrogen-bond donors (Lipinski definition) is 0. The number of rotatable bonds is 4. The van der Waals surface area contributed by atoms with E-state index in [-0.39, 0.29) is 0 Å². The minimum atomic E-state index is 0.479. The summed E-state index contributed by atoms with van der Waals surface area (Å²) in [4.78, 5) is 11.0. The molecule has 0 N–H and O–H groups in total. The molecular formula is C16H17N3O2S. The highest BCUT2D eigenvalue weighted by Gasteiger charge is 2.24. The fourth-order valence-electron chi connectivity index (χ4n) is 2.84. The third kappa shape index (κ3) is 2.78. The van der Waals surface area contributed by atoms with Crippen LogP contribution in [0.2, 0.25) is 0 Å². The molecule has 3 aromatic rings. The molecule has 2 aromatic heterocycles. The number of benzene rings is 1. The number of piperidine rings is 1. The monoisotopic (exact) mass is 315 g/mol. The molecule has 5 nitrogen and oxygen atoms in total. The van der Waals surface area contributed by atoms with Crippen LogP contribution in [-0.2, 0) is 0 Å². The number of thiazole rings is 1. The largest absolute Gasteiger partial charge is 0.470 e. The van der Waals surface area contributed by atoms with Crippen molar-refractivity contribution in [2.24, 2.45) is 5.92 Å². The fourth-order valence-corrected chi connectivity index (χ4v) is 3.34. The Morgan fingerprint density at radius 2 is 2.32 bits per heavy atom. The van der Waals surface area contributed by atoms with Gasteiger partial charge in [0.2, 0.25) is 0 Å². The van der Waals surface area contributed by atoms with Gasteiger partial charge in [-0.05, 0) is 25.0 Å². The Bertz CT molecular complexity index is 708. The van der Waals surface area contributed by atoms with Crippen molar-refractivity contribution in [2.75, 3.05) is 24.6 Å². The Kier molecular flexibility index (Phi) is 3.68. The minimum Gasteiger partial charge on any atom is -0.470 e. The van der Waals surface area contributed by atoms with Gasteiger partial charge in [-0.1, -0.05) is 23.5 Å². The summed E-state index contributed by atoms with van der Waals surface area (Å²) < 4.78 is 11.6. The maximum atomic E-state index is 5.87. The average molecular weight is 315 g/mol. The first-order valence-corrected chi connectivity index (χ1v) is 8.39. The summed E-state index contributed by atoms with van der Waals surface area (Å²) in [6.07, 6.45) is 4.07. The van der Waals surface area contributed by atoms with Crippen molar-refractivity contribution in [1.82, 2.24) is 9.97 Å². The van der Waals surface area contributed by atoms with E-state index in [0.29, 0.717) is 12.5 Å². The van der Waals surface area contributed by atoms with Gasteiger partial charge in [-0.2, -0.15) is 4.98 Å². The second-order valence-corrected chi connectivity index (χ2v) is 6.38. The number of fused-ring (bicyclic) bond motifs is 1. The molecule has 0 bridgehead atoms. The van der Waals surface area contributed by atoms with Gasteiger partial charge in [-0.15, -0.1) is 0 Å². The van der Waals surface area contributed by atoms with Crippen LogP contribution in [0, 0.1) is 5.92 Å². The Morgan fingerprint density at radius 1 is 1.36 bits per heavy atom. The zero-order valence-electron chi connectivity index (χ0n) is 12.1. The number of oxazole rings is 1. The molecule has 22 heavy (non-hydrogen) atoms. The molecule has 4 rings (SSSR count). The van der Waals surface area contributed by atoms with Gasteiger partial charge in [0.15, 0.2) is 5.58 Å². The van der Waals surface area contributed by atoms with Crippen molar-refractivity contribution in [3.05, 3.63) is 35.8 Å². The summed E-state index contributed by atoms with van der Waals surface area (Å²) in [7, 11) is 0. The van der Waals surface area contributed by atoms with E-state index >= 15 is 0 Å². The number of para-hydroxylation sites is 2. The lowest BCUT2D eigenvalue weighted by molar-refractivity contribution is 0.225. The molecule has 0 spiro atoms. The lowest BCUT2D eigenvalue weighted by atomic mass is 9.99. The maximum absolute atomic E-state index is 5.87. The van der Waals surface area contributed by atoms with Gasteiger partial charge in [-0.3, -0.25) is 0 Å². The normalized spacial score (nSPS) is 18.7. The van der Waals surface area contributed by atoms with E-state index in [2.05, 4.69) is 14.9 Å². The van der Waals surface area contributed by atoms with Crippen molar-refractivity contribution in [1.29, 1.82) is 0 Å². The SMILES string of the molecule is c1ccc2oc(N3CCCC(COc4nccs4)C3)nc2c1. The van der Waals surface area contributed by atoms with E-state index in [4.69, 9.17) is 9.15 Å². The lowest BCUT2D eigenvalue weighted by Crippen LogP contribution is -2.37. The highest BCUT2D eigenvalue weighted by atomic mass is 32.1. The Morgan fingerprint density at radius 3 is 3.18 bits per heavy atom. The van der Waals surface area contributed by atoms with Crippen LogP contribution in [0.25, 0.3) is 11.1 Å². The van der Waals surface area contributed by atoms with Crippen molar-refractivity contribution in [3.63, 3.8) is 0 Å². The Labute approximate surface area is 132 Å². The zero-order chi connectivity index (χ0) is 14.8. The number of aromatic nitrogens is 2. The van der Waals surface area contributed by atoms with Gasteiger partial charge in [0, 0.05) is 30.6 Å². The van der Waals surface area contributed by atoms with E-state index in [1.54, 1.807) is 6.20 Å². The van der Waals surface area contributed by atoms with Crippen molar-refractivity contribution in [2.45, 2.75) is 12.8 Å². The smallest absolute Gasteiger partial charge is 0.298 e. The third-order valence-electron chi connectivity index (χ3n) is 3.92. The predicted molar refractivity (Wildman–Crippen MR) is 86.6 cm³/mol. The molecule has 1 aliphatic heterocycles. The van der Waals surface area contributed by atoms with Gasteiger partial charge in [-0.25, -0.2) is 4.98 Å². The Hall–Kier alpha value is -2.08. The Balaban J connectivity index is 1.43. The van der Waals surface area contributed by atoms with Gasteiger partial charge in [0.25, 0.3) is 11.2 Å². The quantitative estimate of drug-likeness (QED) is 0.736.